The molecule has 1 aromatic rings. The molecule has 2 heteroatoms. The van der Waals surface area contributed by atoms with Crippen LogP contribution in [0.5, 0.6) is 0 Å². The summed E-state index contributed by atoms with van der Waals surface area (Å²) in [6.45, 7) is 15.3. The monoisotopic (exact) mass is 261 g/mol. The van der Waals surface area contributed by atoms with Gasteiger partial charge in [0.1, 0.15) is 0 Å². The molecule has 0 fully saturated rings. The maximum absolute atomic E-state index is 12.4. The lowest BCUT2D eigenvalue weighted by Gasteiger charge is -2.21. The van der Waals surface area contributed by atoms with Gasteiger partial charge in [0.2, 0.25) is 0 Å². The summed E-state index contributed by atoms with van der Waals surface area (Å²) in [7, 11) is 0. The fourth-order valence-electron chi connectivity index (χ4n) is 2.31. The van der Waals surface area contributed by atoms with Crippen molar-refractivity contribution in [2.75, 3.05) is 6.54 Å². The van der Waals surface area contributed by atoms with Crippen LogP contribution in [0.1, 0.15) is 59.8 Å². The van der Waals surface area contributed by atoms with Crippen LogP contribution in [0.25, 0.3) is 0 Å². The smallest absolute Gasteiger partial charge is 0.164 e. The van der Waals surface area contributed by atoms with E-state index in [2.05, 4.69) is 46.0 Å². The van der Waals surface area contributed by atoms with Crippen LogP contribution in [0.2, 0.25) is 0 Å². The molecule has 0 bridgehead atoms. The maximum atomic E-state index is 12.4. The Kier molecular flexibility index (Phi) is 4.92. The molecule has 106 valence electrons. The minimum absolute atomic E-state index is 0.0624. The van der Waals surface area contributed by atoms with Crippen LogP contribution in [0.3, 0.4) is 0 Å². The van der Waals surface area contributed by atoms with Crippen molar-refractivity contribution in [3.8, 4) is 0 Å². The van der Waals surface area contributed by atoms with E-state index in [1.165, 1.54) is 11.1 Å². The number of benzene rings is 1. The van der Waals surface area contributed by atoms with Gasteiger partial charge in [-0.1, -0.05) is 6.07 Å². The number of ketones is 1. The van der Waals surface area contributed by atoms with E-state index in [1.54, 1.807) is 0 Å². The zero-order chi connectivity index (χ0) is 14.8. The molecule has 0 atom stereocenters. The van der Waals surface area contributed by atoms with Gasteiger partial charge >= 0.3 is 0 Å². The number of nitrogens with one attached hydrogen (secondary N) is 1. The van der Waals surface area contributed by atoms with E-state index in [9.17, 15) is 4.79 Å². The minimum Gasteiger partial charge on any atom is -0.312 e. The van der Waals surface area contributed by atoms with E-state index in [1.807, 2.05) is 13.8 Å². The summed E-state index contributed by atoms with van der Waals surface area (Å²) in [5.41, 5.74) is 5.65. The highest BCUT2D eigenvalue weighted by Gasteiger charge is 2.16. The van der Waals surface area contributed by atoms with Gasteiger partial charge in [0.05, 0.1) is 0 Å². The Morgan fingerprint density at radius 3 is 1.95 bits per heavy atom. The van der Waals surface area contributed by atoms with Crippen molar-refractivity contribution in [1.82, 2.24) is 5.32 Å². The fraction of sp³-hybridized carbons (Fsp3) is 0.588. The Balaban J connectivity index is 2.89. The molecular weight excluding hydrogens is 234 g/mol. The van der Waals surface area contributed by atoms with E-state index in [0.717, 1.165) is 23.2 Å². The molecule has 0 radical (unpaired) electrons. The molecule has 0 aliphatic rings. The Labute approximate surface area is 117 Å². The summed E-state index contributed by atoms with van der Waals surface area (Å²) >= 11 is 0. The Morgan fingerprint density at radius 1 is 1.05 bits per heavy atom. The van der Waals surface area contributed by atoms with Crippen LogP contribution < -0.4 is 5.32 Å². The second kappa shape index (κ2) is 5.87. The van der Waals surface area contributed by atoms with Crippen molar-refractivity contribution >= 4 is 5.78 Å². The molecule has 2 nitrogen and oxygen atoms in total. The van der Waals surface area contributed by atoms with Crippen LogP contribution >= 0.6 is 0 Å². The number of hydrogen-bond donors (Lipinski definition) is 1. The van der Waals surface area contributed by atoms with Gasteiger partial charge in [-0.3, -0.25) is 4.79 Å². The molecule has 0 heterocycles. The highest BCUT2D eigenvalue weighted by molar-refractivity contribution is 5.99. The molecule has 0 saturated carbocycles. The third-order valence-corrected chi connectivity index (χ3v) is 3.65. The number of hydrogen-bond acceptors (Lipinski definition) is 2. The third-order valence-electron chi connectivity index (χ3n) is 3.65. The molecule has 0 amide bonds. The zero-order valence-corrected chi connectivity index (χ0v) is 13.4. The molecule has 0 spiro atoms. The average Bonchev–Trinajstić information content (AvgIpc) is 2.25. The van der Waals surface area contributed by atoms with E-state index in [0.29, 0.717) is 6.42 Å². The molecule has 19 heavy (non-hydrogen) atoms. The predicted octanol–water partition coefficient (Wildman–Crippen LogP) is 3.88. The molecule has 0 aromatic heterocycles. The summed E-state index contributed by atoms with van der Waals surface area (Å²) < 4.78 is 0. The number of rotatable bonds is 4. The number of aryl methyl sites for hydroxylation is 2. The number of carbonyl (C=O) groups excluding carboxylic acids is 1. The maximum Gasteiger partial charge on any atom is 0.164 e. The summed E-state index contributed by atoms with van der Waals surface area (Å²) in [5.74, 6) is 0.249. The molecule has 0 saturated heterocycles. The van der Waals surface area contributed by atoms with Gasteiger partial charge in [0.25, 0.3) is 0 Å². The summed E-state index contributed by atoms with van der Waals surface area (Å²) in [6, 6.07) is 2.16. The van der Waals surface area contributed by atoms with Crippen molar-refractivity contribution < 1.29 is 4.79 Å². The quantitative estimate of drug-likeness (QED) is 0.833. The van der Waals surface area contributed by atoms with Crippen LogP contribution in [0, 0.1) is 27.7 Å². The Bertz CT molecular complexity index is 455. The zero-order valence-electron chi connectivity index (χ0n) is 13.4. The third kappa shape index (κ3) is 4.17. The minimum atomic E-state index is 0.0624. The molecule has 0 aliphatic carbocycles. The largest absolute Gasteiger partial charge is 0.312 e. The van der Waals surface area contributed by atoms with Gasteiger partial charge in [-0.05, 0) is 70.7 Å². The van der Waals surface area contributed by atoms with Gasteiger partial charge in [-0.15, -0.1) is 0 Å². The van der Waals surface area contributed by atoms with Crippen molar-refractivity contribution in [3.05, 3.63) is 33.9 Å². The summed E-state index contributed by atoms with van der Waals surface area (Å²) in [4.78, 5) is 12.4. The van der Waals surface area contributed by atoms with Crippen LogP contribution in [0.4, 0.5) is 0 Å². The van der Waals surface area contributed by atoms with Gasteiger partial charge in [-0.25, -0.2) is 0 Å². The van der Waals surface area contributed by atoms with Crippen molar-refractivity contribution in [2.24, 2.45) is 0 Å². The lowest BCUT2D eigenvalue weighted by atomic mass is 9.90. The highest BCUT2D eigenvalue weighted by Crippen LogP contribution is 2.22. The van der Waals surface area contributed by atoms with E-state index >= 15 is 0 Å². The first kappa shape index (κ1) is 15.9. The lowest BCUT2D eigenvalue weighted by molar-refractivity contribution is 0.0979. The molecule has 1 rings (SSSR count). The summed E-state index contributed by atoms with van der Waals surface area (Å²) in [6.07, 6.45) is 0.557. The first-order valence-corrected chi connectivity index (χ1v) is 6.99. The number of carbonyl (C=O) groups is 1. The average molecular weight is 261 g/mol. The van der Waals surface area contributed by atoms with Gasteiger partial charge in [0.15, 0.2) is 5.78 Å². The van der Waals surface area contributed by atoms with E-state index in [-0.39, 0.29) is 11.3 Å². The van der Waals surface area contributed by atoms with E-state index in [4.69, 9.17) is 0 Å². The second-order valence-electron chi connectivity index (χ2n) is 6.49. The highest BCUT2D eigenvalue weighted by atomic mass is 16.1. The SMILES string of the molecule is Cc1cc(C)c(C)c(C(=O)CCNC(C)(C)C)c1C. The van der Waals surface area contributed by atoms with Crippen molar-refractivity contribution in [2.45, 2.75) is 60.4 Å². The Morgan fingerprint density at radius 2 is 1.53 bits per heavy atom. The van der Waals surface area contributed by atoms with Crippen LogP contribution in [-0.4, -0.2) is 17.9 Å². The van der Waals surface area contributed by atoms with Crippen LogP contribution in [-0.2, 0) is 0 Å². The first-order chi connectivity index (χ1) is 8.63. The normalized spacial score (nSPS) is 11.7. The predicted molar refractivity (Wildman–Crippen MR) is 82.1 cm³/mol. The lowest BCUT2D eigenvalue weighted by Crippen LogP contribution is -2.37. The molecule has 1 aromatic carbocycles. The fourth-order valence-corrected chi connectivity index (χ4v) is 2.31. The molecular formula is C17H27NO. The molecule has 0 aliphatic heterocycles. The standard InChI is InChI=1S/C17H27NO/c1-11-10-12(2)14(4)16(13(11)3)15(19)8-9-18-17(5,6)7/h10,18H,8-9H2,1-7H3. The van der Waals surface area contributed by atoms with Crippen LogP contribution in [0.15, 0.2) is 6.07 Å². The molecule has 1 N–H and O–H groups in total. The number of Topliss-reactive ketones (excluding diaryl/α,β-unsaturated/α-hetero) is 1. The summed E-state index contributed by atoms with van der Waals surface area (Å²) in [5, 5.41) is 3.37. The van der Waals surface area contributed by atoms with Gasteiger partial charge in [-0.2, -0.15) is 0 Å². The Hall–Kier alpha value is -1.15. The van der Waals surface area contributed by atoms with Gasteiger partial charge in [0, 0.05) is 24.1 Å². The van der Waals surface area contributed by atoms with E-state index < -0.39 is 0 Å². The first-order valence-electron chi connectivity index (χ1n) is 6.99. The molecule has 0 unspecified atom stereocenters. The van der Waals surface area contributed by atoms with Crippen molar-refractivity contribution in [1.29, 1.82) is 0 Å². The second-order valence-corrected chi connectivity index (χ2v) is 6.49. The van der Waals surface area contributed by atoms with Crippen molar-refractivity contribution in [3.63, 3.8) is 0 Å². The van der Waals surface area contributed by atoms with Gasteiger partial charge < -0.3 is 5.32 Å². The topological polar surface area (TPSA) is 29.1 Å².